The molecule has 2 fully saturated rings. The van der Waals surface area contributed by atoms with Gasteiger partial charge in [-0.15, -0.1) is 0 Å². The third-order valence-electron chi connectivity index (χ3n) is 5.11. The molecule has 1 aromatic rings. The summed E-state index contributed by atoms with van der Waals surface area (Å²) in [5, 5.41) is 0. The molecule has 3 rings (SSSR count). The van der Waals surface area contributed by atoms with E-state index in [1.54, 1.807) is 0 Å². The van der Waals surface area contributed by atoms with Gasteiger partial charge in [0, 0.05) is 13.0 Å². The number of hydrogen-bond donors (Lipinski definition) is 0. The minimum absolute atomic E-state index is 0.0945. The standard InChI is InChI=1S/C20H29NO3/c1-15(2)17-9-6-16(7-10-17)8-11-19(22)21-12-4-3-5-18(21)20-23-13-14-24-20/h6-7,9-10,15,18,20H,3-5,8,11-14H2,1-2H3. The molecule has 4 nitrogen and oxygen atoms in total. The maximum Gasteiger partial charge on any atom is 0.223 e. The van der Waals surface area contributed by atoms with E-state index in [2.05, 4.69) is 38.1 Å². The molecule has 0 spiro atoms. The van der Waals surface area contributed by atoms with Crippen LogP contribution < -0.4 is 0 Å². The fraction of sp³-hybridized carbons (Fsp3) is 0.650. The number of amides is 1. The lowest BCUT2D eigenvalue weighted by Crippen LogP contribution is -2.50. The maximum atomic E-state index is 12.7. The number of hydrogen-bond acceptors (Lipinski definition) is 3. The second-order valence-electron chi connectivity index (χ2n) is 7.16. The predicted octanol–water partition coefficient (Wildman–Crippen LogP) is 3.50. The van der Waals surface area contributed by atoms with Crippen LogP contribution in [-0.2, 0) is 20.7 Å². The zero-order chi connectivity index (χ0) is 16.9. The number of rotatable bonds is 5. The number of carbonyl (C=O) groups excluding carboxylic acids is 1. The van der Waals surface area contributed by atoms with Crippen molar-refractivity contribution in [2.75, 3.05) is 19.8 Å². The van der Waals surface area contributed by atoms with Crippen LogP contribution in [0.2, 0.25) is 0 Å². The summed E-state index contributed by atoms with van der Waals surface area (Å²) in [5.41, 5.74) is 2.58. The molecule has 2 saturated heterocycles. The van der Waals surface area contributed by atoms with Crippen molar-refractivity contribution in [1.29, 1.82) is 0 Å². The van der Waals surface area contributed by atoms with Crippen LogP contribution in [0, 0.1) is 0 Å². The van der Waals surface area contributed by atoms with E-state index in [1.165, 1.54) is 11.1 Å². The average Bonchev–Trinajstić information content (AvgIpc) is 3.14. The summed E-state index contributed by atoms with van der Waals surface area (Å²) in [6, 6.07) is 8.75. The number of carbonyl (C=O) groups is 1. The zero-order valence-corrected chi connectivity index (χ0v) is 14.9. The van der Waals surface area contributed by atoms with Crippen molar-refractivity contribution in [1.82, 2.24) is 4.90 Å². The molecule has 2 heterocycles. The molecular weight excluding hydrogens is 302 g/mol. The Balaban J connectivity index is 1.56. The number of likely N-dealkylation sites (tertiary alicyclic amines) is 1. The molecule has 24 heavy (non-hydrogen) atoms. The fourth-order valence-electron chi connectivity index (χ4n) is 3.61. The van der Waals surface area contributed by atoms with Gasteiger partial charge in [0.2, 0.25) is 5.91 Å². The highest BCUT2D eigenvalue weighted by Crippen LogP contribution is 2.25. The lowest BCUT2D eigenvalue weighted by Gasteiger charge is -2.38. The van der Waals surface area contributed by atoms with Gasteiger partial charge in [-0.3, -0.25) is 4.79 Å². The lowest BCUT2D eigenvalue weighted by atomic mass is 9.98. The summed E-state index contributed by atoms with van der Waals surface area (Å²) in [5.74, 6) is 0.771. The lowest BCUT2D eigenvalue weighted by molar-refractivity contribution is -0.150. The van der Waals surface area contributed by atoms with Crippen molar-refractivity contribution in [3.05, 3.63) is 35.4 Å². The molecule has 0 N–H and O–H groups in total. The van der Waals surface area contributed by atoms with Crippen LogP contribution >= 0.6 is 0 Å². The van der Waals surface area contributed by atoms with Crippen LogP contribution in [-0.4, -0.2) is 42.9 Å². The van der Waals surface area contributed by atoms with Crippen LogP contribution in [0.3, 0.4) is 0 Å². The molecule has 0 bridgehead atoms. The Bertz CT molecular complexity index is 534. The minimum Gasteiger partial charge on any atom is -0.348 e. The van der Waals surface area contributed by atoms with Gasteiger partial charge in [0.25, 0.3) is 0 Å². The van der Waals surface area contributed by atoms with Gasteiger partial charge in [0.15, 0.2) is 6.29 Å². The van der Waals surface area contributed by atoms with Crippen molar-refractivity contribution in [3.63, 3.8) is 0 Å². The van der Waals surface area contributed by atoms with Gasteiger partial charge >= 0.3 is 0 Å². The molecule has 1 atom stereocenters. The van der Waals surface area contributed by atoms with Gasteiger partial charge in [0.1, 0.15) is 0 Å². The Morgan fingerprint density at radius 3 is 2.54 bits per heavy atom. The van der Waals surface area contributed by atoms with E-state index in [0.29, 0.717) is 25.6 Å². The molecule has 0 aromatic heterocycles. The van der Waals surface area contributed by atoms with E-state index in [9.17, 15) is 4.79 Å². The van der Waals surface area contributed by atoms with Crippen molar-refractivity contribution in [2.45, 2.75) is 64.2 Å². The number of benzene rings is 1. The highest BCUT2D eigenvalue weighted by Gasteiger charge is 2.35. The molecule has 132 valence electrons. The smallest absolute Gasteiger partial charge is 0.223 e. The summed E-state index contributed by atoms with van der Waals surface area (Å²) in [6.07, 6.45) is 4.35. The Morgan fingerprint density at radius 2 is 1.88 bits per heavy atom. The topological polar surface area (TPSA) is 38.8 Å². The first-order valence-corrected chi connectivity index (χ1v) is 9.26. The minimum atomic E-state index is -0.223. The van der Waals surface area contributed by atoms with Crippen LogP contribution in [0.5, 0.6) is 0 Å². The Morgan fingerprint density at radius 1 is 1.17 bits per heavy atom. The van der Waals surface area contributed by atoms with Crippen LogP contribution in [0.25, 0.3) is 0 Å². The van der Waals surface area contributed by atoms with Crippen LogP contribution in [0.1, 0.15) is 56.6 Å². The summed E-state index contributed by atoms with van der Waals surface area (Å²) in [7, 11) is 0. The van der Waals surface area contributed by atoms with E-state index < -0.39 is 0 Å². The van der Waals surface area contributed by atoms with Crippen LogP contribution in [0.15, 0.2) is 24.3 Å². The van der Waals surface area contributed by atoms with Gasteiger partial charge in [-0.25, -0.2) is 0 Å². The zero-order valence-electron chi connectivity index (χ0n) is 14.9. The van der Waals surface area contributed by atoms with Crippen molar-refractivity contribution >= 4 is 5.91 Å². The molecule has 0 saturated carbocycles. The SMILES string of the molecule is CC(C)c1ccc(CCC(=O)N2CCCCC2C2OCCO2)cc1. The van der Waals surface area contributed by atoms with E-state index in [4.69, 9.17) is 9.47 Å². The van der Waals surface area contributed by atoms with Gasteiger partial charge < -0.3 is 14.4 Å². The molecule has 1 aromatic carbocycles. The van der Waals surface area contributed by atoms with Gasteiger partial charge in [0.05, 0.1) is 19.3 Å². The van der Waals surface area contributed by atoms with Crippen molar-refractivity contribution in [3.8, 4) is 0 Å². The highest BCUT2D eigenvalue weighted by molar-refractivity contribution is 5.77. The summed E-state index contributed by atoms with van der Waals surface area (Å²) in [6.45, 7) is 6.51. The molecule has 1 amide bonds. The Labute approximate surface area is 145 Å². The van der Waals surface area contributed by atoms with Gasteiger partial charge in [-0.2, -0.15) is 0 Å². The van der Waals surface area contributed by atoms with E-state index in [-0.39, 0.29) is 18.2 Å². The molecule has 0 aliphatic carbocycles. The van der Waals surface area contributed by atoms with Crippen molar-refractivity contribution < 1.29 is 14.3 Å². The normalized spacial score (nSPS) is 22.3. The first-order chi connectivity index (χ1) is 11.6. The molecule has 4 heteroatoms. The summed E-state index contributed by atoms with van der Waals surface area (Å²) >= 11 is 0. The van der Waals surface area contributed by atoms with Crippen molar-refractivity contribution in [2.24, 2.45) is 0 Å². The third kappa shape index (κ3) is 4.17. The summed E-state index contributed by atoms with van der Waals surface area (Å²) in [4.78, 5) is 14.7. The maximum absolute atomic E-state index is 12.7. The Hall–Kier alpha value is -1.39. The first-order valence-electron chi connectivity index (χ1n) is 9.26. The largest absolute Gasteiger partial charge is 0.348 e. The monoisotopic (exact) mass is 331 g/mol. The second-order valence-corrected chi connectivity index (χ2v) is 7.16. The number of ether oxygens (including phenoxy) is 2. The average molecular weight is 331 g/mol. The van der Waals surface area contributed by atoms with Crippen LogP contribution in [0.4, 0.5) is 0 Å². The fourth-order valence-corrected chi connectivity index (χ4v) is 3.61. The molecular formula is C20H29NO3. The third-order valence-corrected chi connectivity index (χ3v) is 5.11. The number of nitrogens with zero attached hydrogens (tertiary/aromatic N) is 1. The number of aryl methyl sites for hydroxylation is 1. The molecule has 2 aliphatic rings. The Kier molecular flexibility index (Phi) is 5.90. The molecule has 0 radical (unpaired) electrons. The second kappa shape index (κ2) is 8.13. The first kappa shape index (κ1) is 17.4. The predicted molar refractivity (Wildman–Crippen MR) is 93.9 cm³/mol. The quantitative estimate of drug-likeness (QED) is 0.829. The molecule has 2 aliphatic heterocycles. The number of piperidine rings is 1. The summed E-state index contributed by atoms with van der Waals surface area (Å²) < 4.78 is 11.3. The highest BCUT2D eigenvalue weighted by atomic mass is 16.7. The van der Waals surface area contributed by atoms with E-state index in [1.807, 2.05) is 4.90 Å². The van der Waals surface area contributed by atoms with Gasteiger partial charge in [-0.05, 0) is 42.7 Å². The van der Waals surface area contributed by atoms with E-state index >= 15 is 0 Å². The van der Waals surface area contributed by atoms with E-state index in [0.717, 1.165) is 32.2 Å². The van der Waals surface area contributed by atoms with Gasteiger partial charge in [-0.1, -0.05) is 38.1 Å². The molecule has 1 unspecified atom stereocenters.